The first-order valence-corrected chi connectivity index (χ1v) is 6.14. The minimum atomic E-state index is -0.328. The Morgan fingerprint density at radius 2 is 2.28 bits per heavy atom. The Bertz CT molecular complexity index is 583. The van der Waals surface area contributed by atoms with Crippen LogP contribution in [0, 0.1) is 12.7 Å². The van der Waals surface area contributed by atoms with Gasteiger partial charge < -0.3 is 5.32 Å². The Kier molecular flexibility index (Phi) is 3.93. The monoisotopic (exact) mass is 283 g/mol. The molecule has 1 aromatic carbocycles. The topological polar surface area (TPSA) is 29.9 Å². The van der Waals surface area contributed by atoms with E-state index in [1.165, 1.54) is 11.6 Å². The lowest BCUT2D eigenvalue weighted by Crippen LogP contribution is -2.05. The van der Waals surface area contributed by atoms with Crippen molar-refractivity contribution in [3.8, 4) is 0 Å². The first-order chi connectivity index (χ1) is 8.61. The number of hydrogen-bond donors (Lipinski definition) is 1. The lowest BCUT2D eigenvalue weighted by molar-refractivity contribution is 0.585. The van der Waals surface area contributed by atoms with Gasteiger partial charge in [-0.2, -0.15) is 5.10 Å². The molecular weight excluding hydrogens is 273 g/mol. The molecule has 0 aliphatic carbocycles. The van der Waals surface area contributed by atoms with E-state index in [4.69, 9.17) is 11.6 Å². The summed E-state index contributed by atoms with van der Waals surface area (Å²) in [5, 5.41) is 7.41. The highest BCUT2D eigenvalue weighted by Crippen LogP contribution is 2.24. The molecule has 18 heavy (non-hydrogen) atoms. The van der Waals surface area contributed by atoms with Crippen LogP contribution in [-0.2, 0) is 6.54 Å². The highest BCUT2D eigenvalue weighted by atomic mass is 35.5. The molecule has 0 radical (unpaired) electrons. The Hall–Kier alpha value is -1.46. The Morgan fingerprint density at radius 1 is 1.50 bits per heavy atom. The van der Waals surface area contributed by atoms with Crippen LogP contribution in [0.2, 0.25) is 5.02 Å². The molecule has 0 spiro atoms. The summed E-state index contributed by atoms with van der Waals surface area (Å²) >= 11 is 10.8. The van der Waals surface area contributed by atoms with Gasteiger partial charge in [0.05, 0.1) is 17.1 Å². The predicted molar refractivity (Wildman–Crippen MR) is 74.8 cm³/mol. The second-order valence-corrected chi connectivity index (χ2v) is 4.43. The normalized spacial score (nSPS) is 10.4. The van der Waals surface area contributed by atoms with E-state index in [0.717, 1.165) is 5.56 Å². The minimum absolute atomic E-state index is 0.283. The largest absolute Gasteiger partial charge is 0.336 e. The van der Waals surface area contributed by atoms with Gasteiger partial charge in [0.2, 0.25) is 0 Å². The molecule has 0 unspecified atom stereocenters. The Balaban J connectivity index is 2.27. The van der Waals surface area contributed by atoms with Crippen molar-refractivity contribution in [2.24, 2.45) is 0 Å². The van der Waals surface area contributed by atoms with Crippen molar-refractivity contribution in [2.75, 3.05) is 5.32 Å². The third-order valence-corrected chi connectivity index (χ3v) is 3.19. The van der Waals surface area contributed by atoms with Crippen molar-refractivity contribution in [3.05, 3.63) is 46.4 Å². The van der Waals surface area contributed by atoms with E-state index in [1.807, 2.05) is 6.92 Å². The van der Waals surface area contributed by atoms with E-state index in [0.29, 0.717) is 16.4 Å². The molecule has 0 saturated carbocycles. The zero-order chi connectivity index (χ0) is 13.1. The maximum atomic E-state index is 13.7. The fourth-order valence-electron chi connectivity index (χ4n) is 1.61. The predicted octanol–water partition coefficient (Wildman–Crippen LogP) is 3.40. The van der Waals surface area contributed by atoms with Crippen molar-refractivity contribution < 1.29 is 4.39 Å². The Labute approximate surface area is 115 Å². The Morgan fingerprint density at radius 3 is 3.00 bits per heavy atom. The first-order valence-electron chi connectivity index (χ1n) is 5.29. The van der Waals surface area contributed by atoms with Gasteiger partial charge >= 0.3 is 0 Å². The third-order valence-electron chi connectivity index (χ3n) is 2.55. The molecule has 1 heterocycles. The molecule has 0 fully saturated rings. The lowest BCUT2D eigenvalue weighted by atomic mass is 10.1. The van der Waals surface area contributed by atoms with Crippen molar-refractivity contribution in [3.63, 3.8) is 0 Å². The van der Waals surface area contributed by atoms with Gasteiger partial charge in [-0.3, -0.25) is 4.68 Å². The molecule has 0 amide bonds. The summed E-state index contributed by atoms with van der Waals surface area (Å²) in [6, 6.07) is 4.82. The summed E-state index contributed by atoms with van der Waals surface area (Å²) in [5.41, 5.74) is 2.65. The lowest BCUT2D eigenvalue weighted by Gasteiger charge is -2.08. The van der Waals surface area contributed by atoms with E-state index in [2.05, 4.69) is 22.6 Å². The van der Waals surface area contributed by atoms with Crippen LogP contribution in [0.15, 0.2) is 24.4 Å². The van der Waals surface area contributed by atoms with E-state index in [1.54, 1.807) is 23.0 Å². The second kappa shape index (κ2) is 5.46. The van der Waals surface area contributed by atoms with Crippen LogP contribution < -0.4 is 5.32 Å². The van der Waals surface area contributed by atoms with Gasteiger partial charge in [0.15, 0.2) is 5.82 Å². The van der Waals surface area contributed by atoms with E-state index >= 15 is 0 Å². The molecule has 2 aromatic rings. The minimum Gasteiger partial charge on any atom is -0.336 e. The molecule has 3 nitrogen and oxygen atoms in total. The smallest absolute Gasteiger partial charge is 0.152 e. The van der Waals surface area contributed by atoms with Gasteiger partial charge in [-0.25, -0.2) is 4.39 Å². The van der Waals surface area contributed by atoms with Crippen LogP contribution in [0.25, 0.3) is 0 Å². The van der Waals surface area contributed by atoms with Gasteiger partial charge in [-0.05, 0) is 18.6 Å². The maximum absolute atomic E-state index is 13.7. The standard InChI is InChI=1S/C12H11ClFN3S/c1-8-2-3-10(14)9(12(8)13)6-17-5-4-11(16-17)15-7-18/h2-5,7H,6H2,1H3,(H,15,16,18). The van der Waals surface area contributed by atoms with Crippen molar-refractivity contribution in [2.45, 2.75) is 13.5 Å². The number of nitrogens with zero attached hydrogens (tertiary/aromatic N) is 2. The molecule has 2 rings (SSSR count). The molecular formula is C12H11ClFN3S. The van der Waals surface area contributed by atoms with Crippen LogP contribution in [0.4, 0.5) is 10.2 Å². The molecule has 0 aliphatic rings. The fraction of sp³-hybridized carbons (Fsp3) is 0.167. The number of aromatic nitrogens is 2. The fourth-order valence-corrected chi connectivity index (χ4v) is 1.94. The zero-order valence-electron chi connectivity index (χ0n) is 9.65. The van der Waals surface area contributed by atoms with E-state index in [-0.39, 0.29) is 12.4 Å². The number of benzene rings is 1. The van der Waals surface area contributed by atoms with Crippen LogP contribution in [-0.4, -0.2) is 15.3 Å². The van der Waals surface area contributed by atoms with Crippen LogP contribution in [0.5, 0.6) is 0 Å². The molecule has 0 saturated heterocycles. The average Bonchev–Trinajstić information content (AvgIpc) is 2.78. The summed E-state index contributed by atoms with van der Waals surface area (Å²) in [5.74, 6) is 0.291. The van der Waals surface area contributed by atoms with Gasteiger partial charge in [0, 0.05) is 17.8 Å². The first kappa shape index (κ1) is 13.0. The highest BCUT2D eigenvalue weighted by Gasteiger charge is 2.11. The maximum Gasteiger partial charge on any atom is 0.152 e. The SMILES string of the molecule is Cc1ccc(F)c(Cn2ccc(NC=S)n2)c1Cl. The number of hydrogen-bond acceptors (Lipinski definition) is 2. The molecule has 1 aromatic heterocycles. The number of rotatable bonds is 4. The van der Waals surface area contributed by atoms with Crippen molar-refractivity contribution in [1.82, 2.24) is 9.78 Å². The quantitative estimate of drug-likeness (QED) is 0.872. The van der Waals surface area contributed by atoms with Crippen molar-refractivity contribution in [1.29, 1.82) is 0 Å². The molecule has 0 bridgehead atoms. The number of anilines is 1. The second-order valence-electron chi connectivity index (χ2n) is 3.82. The average molecular weight is 284 g/mol. The number of nitrogens with one attached hydrogen (secondary N) is 1. The summed E-state index contributed by atoms with van der Waals surface area (Å²) in [6.07, 6.45) is 1.74. The highest BCUT2D eigenvalue weighted by molar-refractivity contribution is 7.79. The third kappa shape index (κ3) is 2.68. The molecule has 0 atom stereocenters. The summed E-state index contributed by atoms with van der Waals surface area (Å²) in [7, 11) is 0. The molecule has 6 heteroatoms. The molecule has 94 valence electrons. The van der Waals surface area contributed by atoms with Gasteiger partial charge in [0.25, 0.3) is 0 Å². The van der Waals surface area contributed by atoms with Gasteiger partial charge in [-0.1, -0.05) is 29.9 Å². The zero-order valence-corrected chi connectivity index (χ0v) is 11.2. The number of thiocarbonyl (C=S) groups is 1. The van der Waals surface area contributed by atoms with Crippen LogP contribution >= 0.6 is 23.8 Å². The van der Waals surface area contributed by atoms with E-state index in [9.17, 15) is 4.39 Å². The molecule has 1 N–H and O–H groups in total. The van der Waals surface area contributed by atoms with E-state index < -0.39 is 0 Å². The number of aryl methyl sites for hydroxylation is 1. The number of halogens is 2. The van der Waals surface area contributed by atoms with Crippen LogP contribution in [0.1, 0.15) is 11.1 Å². The summed E-state index contributed by atoms with van der Waals surface area (Å²) in [6.45, 7) is 2.12. The van der Waals surface area contributed by atoms with Gasteiger partial charge in [0.1, 0.15) is 5.82 Å². The summed E-state index contributed by atoms with van der Waals surface area (Å²) < 4.78 is 15.3. The summed E-state index contributed by atoms with van der Waals surface area (Å²) in [4.78, 5) is 0. The van der Waals surface area contributed by atoms with Crippen molar-refractivity contribution >= 4 is 35.1 Å². The van der Waals surface area contributed by atoms with Crippen LogP contribution in [0.3, 0.4) is 0 Å². The van der Waals surface area contributed by atoms with Gasteiger partial charge in [-0.15, -0.1) is 0 Å². The molecule has 0 aliphatic heterocycles.